The number of anilines is 1. The molecule has 0 aromatic heterocycles. The maximum atomic E-state index is 14.1. The van der Waals surface area contributed by atoms with Crippen molar-refractivity contribution in [3.8, 4) is 23.0 Å². The van der Waals surface area contributed by atoms with Crippen LogP contribution in [0.15, 0.2) is 71.6 Å². The summed E-state index contributed by atoms with van der Waals surface area (Å²) in [7, 11) is 1.61. The summed E-state index contributed by atoms with van der Waals surface area (Å²) < 4.78 is 50.8. The molecule has 0 saturated carbocycles. The van der Waals surface area contributed by atoms with Crippen LogP contribution in [0.2, 0.25) is 0 Å². The summed E-state index contributed by atoms with van der Waals surface area (Å²) in [6.45, 7) is 0.731. The third kappa shape index (κ3) is 6.44. The highest BCUT2D eigenvalue weighted by Crippen LogP contribution is 2.38. The van der Waals surface area contributed by atoms with E-state index in [2.05, 4.69) is 12.1 Å². The van der Waals surface area contributed by atoms with Gasteiger partial charge in [0.1, 0.15) is 18.0 Å². The molecule has 1 heterocycles. The maximum Gasteiger partial charge on any atom is 0.265 e. The first-order valence-electron chi connectivity index (χ1n) is 13.1. The number of methoxy groups -OCH3 is 4. The Bertz CT molecular complexity index is 1400. The molecule has 1 amide bonds. The number of likely N-dealkylation sites (tertiary alicyclic amines) is 1. The second-order valence-corrected chi connectivity index (χ2v) is 11.4. The molecule has 214 valence electrons. The van der Waals surface area contributed by atoms with Crippen LogP contribution in [0.4, 0.5) is 5.69 Å². The van der Waals surface area contributed by atoms with E-state index >= 15 is 0 Å². The quantitative estimate of drug-likeness (QED) is 0.339. The molecule has 9 nitrogen and oxygen atoms in total. The molecule has 10 heteroatoms. The molecule has 40 heavy (non-hydrogen) atoms. The van der Waals surface area contributed by atoms with Crippen LogP contribution in [-0.2, 0) is 21.2 Å². The minimum absolute atomic E-state index is 0.0515. The third-order valence-electron chi connectivity index (χ3n) is 7.21. The summed E-state index contributed by atoms with van der Waals surface area (Å²) in [5, 5.41) is 0. The van der Waals surface area contributed by atoms with Crippen LogP contribution in [0.3, 0.4) is 0 Å². The molecule has 3 aromatic carbocycles. The van der Waals surface area contributed by atoms with Crippen molar-refractivity contribution in [1.82, 2.24) is 4.90 Å². The average Bonchev–Trinajstić information content (AvgIpc) is 2.99. The molecule has 0 bridgehead atoms. The monoisotopic (exact) mass is 568 g/mol. The number of carbonyl (C=O) groups is 1. The first kappa shape index (κ1) is 29.1. The van der Waals surface area contributed by atoms with Crippen LogP contribution < -0.4 is 23.3 Å². The lowest BCUT2D eigenvalue weighted by Crippen LogP contribution is -2.46. The minimum Gasteiger partial charge on any atom is -0.497 e. The molecular weight excluding hydrogens is 532 g/mol. The Hall–Kier alpha value is -3.92. The van der Waals surface area contributed by atoms with E-state index in [9.17, 15) is 13.2 Å². The van der Waals surface area contributed by atoms with Crippen LogP contribution in [-0.4, -0.2) is 67.3 Å². The molecule has 1 aliphatic heterocycles. The molecule has 3 aromatic rings. The Morgan fingerprint density at radius 3 is 2.10 bits per heavy atom. The normalized spacial score (nSPS) is 13.9. The molecular formula is C30H36N2O7S. The van der Waals surface area contributed by atoms with Crippen molar-refractivity contribution in [3.05, 3.63) is 72.3 Å². The predicted octanol–water partition coefficient (Wildman–Crippen LogP) is 4.40. The minimum atomic E-state index is -4.24. The van der Waals surface area contributed by atoms with Gasteiger partial charge in [0.15, 0.2) is 11.5 Å². The van der Waals surface area contributed by atoms with Crippen LogP contribution in [0.25, 0.3) is 0 Å². The van der Waals surface area contributed by atoms with E-state index < -0.39 is 16.6 Å². The van der Waals surface area contributed by atoms with E-state index in [0.717, 1.165) is 23.6 Å². The molecule has 0 unspecified atom stereocenters. The number of benzene rings is 3. The van der Waals surface area contributed by atoms with E-state index in [0.29, 0.717) is 36.3 Å². The van der Waals surface area contributed by atoms with E-state index in [4.69, 9.17) is 18.9 Å². The second-order valence-electron chi connectivity index (χ2n) is 9.58. The van der Waals surface area contributed by atoms with Crippen LogP contribution >= 0.6 is 0 Å². The topological polar surface area (TPSA) is 94.6 Å². The Labute approximate surface area is 236 Å². The average molecular weight is 569 g/mol. The highest BCUT2D eigenvalue weighted by Gasteiger charge is 2.33. The van der Waals surface area contributed by atoms with Crippen molar-refractivity contribution in [2.24, 2.45) is 5.92 Å². The van der Waals surface area contributed by atoms with Crippen LogP contribution in [0, 0.1) is 5.92 Å². The molecule has 0 N–H and O–H groups in total. The van der Waals surface area contributed by atoms with E-state index in [1.54, 1.807) is 23.1 Å². The molecule has 4 rings (SSSR count). The summed E-state index contributed by atoms with van der Waals surface area (Å²) in [4.78, 5) is 15.3. The number of carbonyl (C=O) groups excluding carboxylic acids is 1. The summed E-state index contributed by atoms with van der Waals surface area (Å²) >= 11 is 0. The molecule has 1 aliphatic rings. The number of piperidine rings is 1. The number of rotatable bonds is 11. The van der Waals surface area contributed by atoms with Crippen molar-refractivity contribution in [2.45, 2.75) is 24.2 Å². The zero-order chi connectivity index (χ0) is 28.7. The number of hydrogen-bond donors (Lipinski definition) is 0. The number of nitrogens with zero attached hydrogens (tertiary/aromatic N) is 2. The molecule has 0 atom stereocenters. The Balaban J connectivity index is 1.62. The van der Waals surface area contributed by atoms with Gasteiger partial charge in [0, 0.05) is 25.2 Å². The summed E-state index contributed by atoms with van der Waals surface area (Å²) in [5.74, 6) is 1.55. The summed E-state index contributed by atoms with van der Waals surface area (Å²) in [6, 6.07) is 19.5. The van der Waals surface area contributed by atoms with Gasteiger partial charge in [0.2, 0.25) is 5.91 Å². The first-order chi connectivity index (χ1) is 19.3. The molecule has 1 saturated heterocycles. The van der Waals surface area contributed by atoms with Gasteiger partial charge < -0.3 is 23.8 Å². The fourth-order valence-corrected chi connectivity index (χ4v) is 6.38. The van der Waals surface area contributed by atoms with Gasteiger partial charge >= 0.3 is 0 Å². The smallest absolute Gasteiger partial charge is 0.265 e. The molecule has 0 spiro atoms. The SMILES string of the molecule is COc1ccc(OC)c(N(CC(=O)N2CCC(Cc3ccccc3)CC2)S(=O)(=O)c2ccc(OC)c(OC)c2)c1. The number of amides is 1. The molecule has 0 radical (unpaired) electrons. The van der Waals surface area contributed by atoms with E-state index in [1.807, 2.05) is 18.2 Å². The van der Waals surface area contributed by atoms with Crippen LogP contribution in [0.5, 0.6) is 23.0 Å². The van der Waals surface area contributed by atoms with Gasteiger partial charge in [-0.25, -0.2) is 8.42 Å². The van der Waals surface area contributed by atoms with Crippen molar-refractivity contribution in [1.29, 1.82) is 0 Å². The van der Waals surface area contributed by atoms with Gasteiger partial charge in [-0.15, -0.1) is 0 Å². The fraction of sp³-hybridized carbons (Fsp3) is 0.367. The van der Waals surface area contributed by atoms with E-state index in [1.165, 1.54) is 52.2 Å². The van der Waals surface area contributed by atoms with Gasteiger partial charge in [0.25, 0.3) is 10.0 Å². The lowest BCUT2D eigenvalue weighted by atomic mass is 9.90. The Morgan fingerprint density at radius 1 is 0.825 bits per heavy atom. The fourth-order valence-electron chi connectivity index (χ4n) is 4.95. The first-order valence-corrected chi connectivity index (χ1v) is 14.5. The van der Waals surface area contributed by atoms with Gasteiger partial charge in [-0.1, -0.05) is 30.3 Å². The van der Waals surface area contributed by atoms with Crippen molar-refractivity contribution >= 4 is 21.6 Å². The van der Waals surface area contributed by atoms with Gasteiger partial charge in [0.05, 0.1) is 39.0 Å². The van der Waals surface area contributed by atoms with Crippen LogP contribution in [0.1, 0.15) is 18.4 Å². The Kier molecular flexibility index (Phi) is 9.42. The lowest BCUT2D eigenvalue weighted by Gasteiger charge is -2.34. The highest BCUT2D eigenvalue weighted by atomic mass is 32.2. The zero-order valence-electron chi connectivity index (χ0n) is 23.3. The largest absolute Gasteiger partial charge is 0.497 e. The maximum absolute atomic E-state index is 14.1. The summed E-state index contributed by atoms with van der Waals surface area (Å²) in [6.07, 6.45) is 2.67. The number of sulfonamides is 1. The van der Waals surface area contributed by atoms with Crippen molar-refractivity contribution in [3.63, 3.8) is 0 Å². The third-order valence-corrected chi connectivity index (χ3v) is 8.97. The molecule has 0 aliphatic carbocycles. The zero-order valence-corrected chi connectivity index (χ0v) is 24.1. The molecule has 1 fully saturated rings. The van der Waals surface area contributed by atoms with Crippen molar-refractivity contribution < 1.29 is 32.2 Å². The summed E-state index contributed by atoms with van der Waals surface area (Å²) in [5.41, 5.74) is 1.48. The van der Waals surface area contributed by atoms with Gasteiger partial charge in [-0.3, -0.25) is 9.10 Å². The van der Waals surface area contributed by atoms with Gasteiger partial charge in [-0.05, 0) is 55.0 Å². The van der Waals surface area contributed by atoms with Gasteiger partial charge in [-0.2, -0.15) is 0 Å². The number of hydrogen-bond acceptors (Lipinski definition) is 7. The second kappa shape index (κ2) is 13.0. The number of ether oxygens (including phenoxy) is 4. The predicted molar refractivity (Wildman–Crippen MR) is 153 cm³/mol. The van der Waals surface area contributed by atoms with Crippen molar-refractivity contribution in [2.75, 3.05) is 52.4 Å². The van der Waals surface area contributed by atoms with E-state index in [-0.39, 0.29) is 22.2 Å². The standard InChI is InChI=1S/C30H36N2O7S/c1-36-24-10-12-27(37-2)26(19-24)32(40(34,35)25-11-13-28(38-3)29(20-25)39-4)21-30(33)31-16-14-23(15-17-31)18-22-8-6-5-7-9-22/h5-13,19-20,23H,14-18,21H2,1-4H3. The lowest BCUT2D eigenvalue weighted by molar-refractivity contribution is -0.130. The Morgan fingerprint density at radius 2 is 1.48 bits per heavy atom. The highest BCUT2D eigenvalue weighted by molar-refractivity contribution is 7.92.